The maximum Gasteiger partial charge on any atom is 0.277 e. The van der Waals surface area contributed by atoms with Crippen molar-refractivity contribution >= 4 is 50.9 Å². The fraction of sp³-hybridized carbons (Fsp3) is 0.250. The van der Waals surface area contributed by atoms with Crippen LogP contribution in [0.1, 0.15) is 21.6 Å². The van der Waals surface area contributed by atoms with Crippen molar-refractivity contribution in [2.75, 3.05) is 25.9 Å². The van der Waals surface area contributed by atoms with Gasteiger partial charge in [-0.25, -0.2) is 4.63 Å². The Morgan fingerprint density at radius 2 is 1.94 bits per heavy atom. The van der Waals surface area contributed by atoms with Crippen molar-refractivity contribution in [1.29, 1.82) is 0 Å². The first-order chi connectivity index (χ1) is 15.4. The zero-order valence-electron chi connectivity index (χ0n) is 17.0. The molecule has 0 fully saturated rings. The van der Waals surface area contributed by atoms with Gasteiger partial charge in [-0.15, -0.1) is 0 Å². The third-order valence-corrected chi connectivity index (χ3v) is 5.84. The molecule has 0 aliphatic rings. The van der Waals surface area contributed by atoms with Gasteiger partial charge in [0.05, 0.1) is 7.11 Å². The van der Waals surface area contributed by atoms with Crippen LogP contribution in [0.2, 0.25) is 10.0 Å². The summed E-state index contributed by atoms with van der Waals surface area (Å²) in [6, 6.07) is 8.98. The molecular formula is C20H20BrCl2N5O4. The summed E-state index contributed by atoms with van der Waals surface area (Å²) >= 11 is 16.0. The van der Waals surface area contributed by atoms with Crippen LogP contribution in [0.5, 0.6) is 11.5 Å². The molecule has 3 aromatic rings. The van der Waals surface area contributed by atoms with E-state index in [2.05, 4.69) is 41.5 Å². The molecule has 0 aliphatic heterocycles. The number of aromatic nitrogens is 2. The Bertz CT molecular complexity index is 1080. The minimum Gasteiger partial charge on any atom is -0.493 e. The van der Waals surface area contributed by atoms with E-state index in [4.69, 9.17) is 38.4 Å². The SMILES string of the molecule is COc1cc(CNCCNC(=O)c2nonc2N)c(Br)cc1OCc1c(Cl)cccc1Cl. The standard InChI is InChI=1S/C20H20BrCl2N5O4/c1-30-16-7-11(9-25-5-6-26-20(29)18-19(24)28-32-27-18)13(21)8-17(16)31-10-12-14(22)3-2-4-15(12)23/h2-4,7-8,25H,5-6,9-10H2,1H3,(H2,24,28)(H,26,29). The second-order valence-electron chi connectivity index (χ2n) is 6.51. The monoisotopic (exact) mass is 543 g/mol. The van der Waals surface area contributed by atoms with Crippen molar-refractivity contribution in [2.45, 2.75) is 13.2 Å². The molecule has 0 saturated carbocycles. The molecule has 3 rings (SSSR count). The second kappa shape index (κ2) is 11.4. The van der Waals surface area contributed by atoms with Gasteiger partial charge in [-0.1, -0.05) is 45.2 Å². The van der Waals surface area contributed by atoms with Gasteiger partial charge in [0.15, 0.2) is 11.5 Å². The molecule has 0 radical (unpaired) electrons. The average molecular weight is 545 g/mol. The molecule has 1 heterocycles. The van der Waals surface area contributed by atoms with Crippen molar-refractivity contribution in [3.8, 4) is 11.5 Å². The number of nitrogens with one attached hydrogen (secondary N) is 2. The van der Waals surface area contributed by atoms with Crippen LogP contribution in [0.25, 0.3) is 0 Å². The molecule has 2 aromatic carbocycles. The average Bonchev–Trinajstić information content (AvgIpc) is 3.20. The topological polar surface area (TPSA) is 125 Å². The molecule has 32 heavy (non-hydrogen) atoms. The van der Waals surface area contributed by atoms with Crippen LogP contribution in [0, 0.1) is 0 Å². The molecule has 1 aromatic heterocycles. The third-order valence-electron chi connectivity index (χ3n) is 4.40. The molecule has 12 heteroatoms. The number of hydrogen-bond donors (Lipinski definition) is 3. The number of nitrogen functional groups attached to an aromatic ring is 1. The summed E-state index contributed by atoms with van der Waals surface area (Å²) in [6.07, 6.45) is 0. The maximum absolute atomic E-state index is 11.9. The van der Waals surface area contributed by atoms with E-state index < -0.39 is 5.91 Å². The summed E-state index contributed by atoms with van der Waals surface area (Å²) in [5.74, 6) is 0.611. The van der Waals surface area contributed by atoms with Gasteiger partial charge in [-0.2, -0.15) is 0 Å². The van der Waals surface area contributed by atoms with E-state index in [0.29, 0.717) is 46.7 Å². The predicted octanol–water partition coefficient (Wildman–Crippen LogP) is 3.83. The quantitative estimate of drug-likeness (QED) is 0.329. The van der Waals surface area contributed by atoms with Crippen LogP contribution >= 0.6 is 39.1 Å². The van der Waals surface area contributed by atoms with Gasteiger partial charge in [0.2, 0.25) is 11.5 Å². The van der Waals surface area contributed by atoms with Gasteiger partial charge in [0.1, 0.15) is 6.61 Å². The number of halogens is 3. The maximum atomic E-state index is 11.9. The van der Waals surface area contributed by atoms with Crippen LogP contribution in [-0.4, -0.2) is 36.4 Å². The lowest BCUT2D eigenvalue weighted by atomic mass is 10.2. The van der Waals surface area contributed by atoms with E-state index in [-0.39, 0.29) is 18.1 Å². The Labute approximate surface area is 202 Å². The summed E-state index contributed by atoms with van der Waals surface area (Å²) in [5.41, 5.74) is 7.10. The highest BCUT2D eigenvalue weighted by Crippen LogP contribution is 2.35. The lowest BCUT2D eigenvalue weighted by Crippen LogP contribution is -2.32. The Balaban J connectivity index is 1.54. The highest BCUT2D eigenvalue weighted by molar-refractivity contribution is 9.10. The van der Waals surface area contributed by atoms with E-state index in [0.717, 1.165) is 10.0 Å². The van der Waals surface area contributed by atoms with Crippen molar-refractivity contribution < 1.29 is 18.9 Å². The van der Waals surface area contributed by atoms with E-state index >= 15 is 0 Å². The third kappa shape index (κ3) is 6.04. The lowest BCUT2D eigenvalue weighted by molar-refractivity contribution is 0.0944. The lowest BCUT2D eigenvalue weighted by Gasteiger charge is -2.15. The molecule has 0 spiro atoms. The summed E-state index contributed by atoms with van der Waals surface area (Å²) in [4.78, 5) is 11.9. The number of rotatable bonds is 10. The second-order valence-corrected chi connectivity index (χ2v) is 8.18. The van der Waals surface area contributed by atoms with Crippen molar-refractivity contribution in [1.82, 2.24) is 20.9 Å². The van der Waals surface area contributed by atoms with E-state index in [1.54, 1.807) is 25.3 Å². The van der Waals surface area contributed by atoms with Gasteiger partial charge in [-0.3, -0.25) is 4.79 Å². The Morgan fingerprint density at radius 1 is 1.19 bits per heavy atom. The molecule has 170 valence electrons. The first-order valence-corrected chi connectivity index (χ1v) is 10.9. The predicted molar refractivity (Wildman–Crippen MR) is 124 cm³/mol. The molecule has 1 amide bonds. The van der Waals surface area contributed by atoms with Crippen molar-refractivity contribution in [3.63, 3.8) is 0 Å². The Morgan fingerprint density at radius 3 is 2.59 bits per heavy atom. The van der Waals surface area contributed by atoms with E-state index in [9.17, 15) is 4.79 Å². The van der Waals surface area contributed by atoms with Crippen LogP contribution in [0.15, 0.2) is 39.4 Å². The first kappa shape index (κ1) is 24.1. The van der Waals surface area contributed by atoms with Gasteiger partial charge in [0.25, 0.3) is 5.91 Å². The molecule has 0 bridgehead atoms. The van der Waals surface area contributed by atoms with E-state index in [1.165, 1.54) is 0 Å². The number of methoxy groups -OCH3 is 1. The van der Waals surface area contributed by atoms with Crippen LogP contribution in [-0.2, 0) is 13.2 Å². The number of nitrogens with two attached hydrogens (primary N) is 1. The van der Waals surface area contributed by atoms with Crippen molar-refractivity contribution in [2.24, 2.45) is 0 Å². The number of hydrogen-bond acceptors (Lipinski definition) is 8. The zero-order chi connectivity index (χ0) is 23.1. The van der Waals surface area contributed by atoms with Crippen molar-refractivity contribution in [3.05, 3.63) is 61.7 Å². The molecule has 0 saturated heterocycles. The van der Waals surface area contributed by atoms with Crippen LogP contribution in [0.4, 0.5) is 5.82 Å². The minimum atomic E-state index is -0.450. The Hall–Kier alpha value is -2.53. The van der Waals surface area contributed by atoms with Crippen LogP contribution < -0.4 is 25.8 Å². The smallest absolute Gasteiger partial charge is 0.277 e. The molecular weight excluding hydrogens is 525 g/mol. The molecule has 0 aliphatic carbocycles. The number of amides is 1. The Kier molecular flexibility index (Phi) is 8.57. The molecule has 4 N–H and O–H groups in total. The molecule has 0 atom stereocenters. The molecule has 0 unspecified atom stereocenters. The number of nitrogens with zero attached hydrogens (tertiary/aromatic N) is 2. The number of ether oxygens (including phenoxy) is 2. The van der Waals surface area contributed by atoms with Gasteiger partial charge in [-0.05, 0) is 40.1 Å². The summed E-state index contributed by atoms with van der Waals surface area (Å²) in [5, 5.41) is 13.8. The fourth-order valence-corrected chi connectivity index (χ4v) is 3.70. The molecule has 9 nitrogen and oxygen atoms in total. The minimum absolute atomic E-state index is 0.0360. The number of carbonyl (C=O) groups is 1. The summed E-state index contributed by atoms with van der Waals surface area (Å²) < 4.78 is 16.6. The largest absolute Gasteiger partial charge is 0.493 e. The number of carbonyl (C=O) groups excluding carboxylic acids is 1. The van der Waals surface area contributed by atoms with E-state index in [1.807, 2.05) is 12.1 Å². The number of anilines is 1. The van der Waals surface area contributed by atoms with Crippen LogP contribution in [0.3, 0.4) is 0 Å². The first-order valence-electron chi connectivity index (χ1n) is 9.39. The normalized spacial score (nSPS) is 10.8. The highest BCUT2D eigenvalue weighted by Gasteiger charge is 2.15. The summed E-state index contributed by atoms with van der Waals surface area (Å²) in [6.45, 7) is 1.59. The highest BCUT2D eigenvalue weighted by atomic mass is 79.9. The van der Waals surface area contributed by atoms with Gasteiger partial charge in [0, 0.05) is 39.7 Å². The zero-order valence-corrected chi connectivity index (χ0v) is 20.1. The fourth-order valence-electron chi connectivity index (χ4n) is 2.73. The van der Waals surface area contributed by atoms with Gasteiger partial charge >= 0.3 is 0 Å². The van der Waals surface area contributed by atoms with Gasteiger partial charge < -0.3 is 25.8 Å². The number of benzene rings is 2. The summed E-state index contributed by atoms with van der Waals surface area (Å²) in [7, 11) is 1.57.